The number of rotatable bonds is 3. The van der Waals surface area contributed by atoms with Crippen molar-refractivity contribution in [2.75, 3.05) is 5.32 Å². The molecule has 3 heteroatoms. The average Bonchev–Trinajstić information content (AvgIpc) is 2.90. The van der Waals surface area contributed by atoms with Gasteiger partial charge in [-0.15, -0.1) is 0 Å². The Balaban J connectivity index is 1.70. The first-order chi connectivity index (χ1) is 10.1. The van der Waals surface area contributed by atoms with E-state index in [1.165, 1.54) is 24.0 Å². The van der Waals surface area contributed by atoms with Crippen molar-refractivity contribution in [1.29, 1.82) is 0 Å². The van der Waals surface area contributed by atoms with Crippen LogP contribution >= 0.6 is 11.6 Å². The number of carbonyl (C=O) groups is 1. The normalized spacial score (nSPS) is 13.0. The van der Waals surface area contributed by atoms with Gasteiger partial charge in [0.1, 0.15) is 0 Å². The van der Waals surface area contributed by atoms with Crippen LogP contribution in [-0.4, -0.2) is 5.91 Å². The Bertz CT molecular complexity index is 694. The monoisotopic (exact) mass is 299 g/mol. The molecule has 0 aromatic heterocycles. The summed E-state index contributed by atoms with van der Waals surface area (Å²) >= 11 is 5.97. The predicted octanol–water partition coefficient (Wildman–Crippen LogP) is 4.32. The lowest BCUT2D eigenvalue weighted by molar-refractivity contribution is -0.115. The molecule has 1 aliphatic carbocycles. The molecule has 108 valence electrons. The highest BCUT2D eigenvalue weighted by Gasteiger charge is 2.12. The van der Waals surface area contributed by atoms with Gasteiger partial charge < -0.3 is 5.32 Å². The van der Waals surface area contributed by atoms with Gasteiger partial charge in [-0.2, -0.15) is 0 Å². The molecule has 2 aromatic carbocycles. The number of hydrogen-bond acceptors (Lipinski definition) is 1. The lowest BCUT2D eigenvalue weighted by Crippen LogP contribution is -2.15. The van der Waals surface area contributed by atoms with Gasteiger partial charge in [-0.05, 0) is 60.6 Å². The van der Waals surface area contributed by atoms with Crippen molar-refractivity contribution in [2.45, 2.75) is 32.6 Å². The summed E-state index contributed by atoms with van der Waals surface area (Å²) in [7, 11) is 0. The van der Waals surface area contributed by atoms with Crippen molar-refractivity contribution in [3.8, 4) is 0 Å². The molecule has 0 saturated carbocycles. The number of halogens is 1. The van der Waals surface area contributed by atoms with E-state index in [4.69, 9.17) is 11.6 Å². The highest BCUT2D eigenvalue weighted by Crippen LogP contribution is 2.24. The Hall–Kier alpha value is -1.80. The van der Waals surface area contributed by atoms with Gasteiger partial charge in [-0.1, -0.05) is 35.9 Å². The molecule has 0 radical (unpaired) electrons. The summed E-state index contributed by atoms with van der Waals surface area (Å²) in [6.07, 6.45) is 3.94. The minimum atomic E-state index is -0.00156. The van der Waals surface area contributed by atoms with Gasteiger partial charge in [0.05, 0.1) is 6.42 Å². The minimum Gasteiger partial charge on any atom is -0.326 e. The van der Waals surface area contributed by atoms with E-state index in [9.17, 15) is 4.79 Å². The van der Waals surface area contributed by atoms with Gasteiger partial charge in [0.15, 0.2) is 0 Å². The number of amides is 1. The van der Waals surface area contributed by atoms with E-state index < -0.39 is 0 Å². The summed E-state index contributed by atoms with van der Waals surface area (Å²) in [4.78, 5) is 12.2. The van der Waals surface area contributed by atoms with Crippen LogP contribution in [-0.2, 0) is 24.1 Å². The summed E-state index contributed by atoms with van der Waals surface area (Å²) in [5, 5.41) is 3.58. The number of hydrogen-bond donors (Lipinski definition) is 1. The topological polar surface area (TPSA) is 29.1 Å². The number of fused-ring (bicyclic) bond motifs is 1. The number of carbonyl (C=O) groups excluding carboxylic acids is 1. The zero-order valence-electron chi connectivity index (χ0n) is 12.1. The molecule has 0 atom stereocenters. The molecule has 3 rings (SSSR count). The van der Waals surface area contributed by atoms with E-state index in [-0.39, 0.29) is 5.91 Å². The first kappa shape index (κ1) is 14.2. The van der Waals surface area contributed by atoms with Gasteiger partial charge in [-0.3, -0.25) is 4.79 Å². The maximum Gasteiger partial charge on any atom is 0.228 e. The number of benzene rings is 2. The molecule has 0 heterocycles. The molecule has 2 nitrogen and oxygen atoms in total. The third kappa shape index (κ3) is 3.27. The smallest absolute Gasteiger partial charge is 0.228 e. The highest BCUT2D eigenvalue weighted by molar-refractivity contribution is 6.31. The van der Waals surface area contributed by atoms with Gasteiger partial charge >= 0.3 is 0 Å². The number of anilines is 1. The van der Waals surface area contributed by atoms with Crippen molar-refractivity contribution in [1.82, 2.24) is 0 Å². The van der Waals surface area contributed by atoms with Gasteiger partial charge in [0.2, 0.25) is 5.91 Å². The largest absolute Gasteiger partial charge is 0.326 e. The minimum absolute atomic E-state index is 0.00156. The fraction of sp³-hybridized carbons (Fsp3) is 0.278. The molecular weight excluding hydrogens is 282 g/mol. The molecule has 0 unspecified atom stereocenters. The fourth-order valence-corrected chi connectivity index (χ4v) is 3.02. The molecule has 0 fully saturated rings. The summed E-state index contributed by atoms with van der Waals surface area (Å²) in [5.41, 5.74) is 5.72. The van der Waals surface area contributed by atoms with Crippen LogP contribution in [0, 0.1) is 6.92 Å². The Morgan fingerprint density at radius 2 is 1.95 bits per heavy atom. The van der Waals surface area contributed by atoms with E-state index in [0.29, 0.717) is 11.4 Å². The van der Waals surface area contributed by atoms with Crippen LogP contribution in [0.2, 0.25) is 5.02 Å². The lowest BCUT2D eigenvalue weighted by Gasteiger charge is -2.09. The maximum absolute atomic E-state index is 12.2. The summed E-state index contributed by atoms with van der Waals surface area (Å²) in [6, 6.07) is 11.9. The zero-order chi connectivity index (χ0) is 14.8. The number of aryl methyl sites for hydroxylation is 3. The molecule has 1 N–H and O–H groups in total. The molecule has 1 amide bonds. The van der Waals surface area contributed by atoms with Gasteiger partial charge in [0, 0.05) is 10.7 Å². The molecular formula is C18H18ClNO. The quantitative estimate of drug-likeness (QED) is 0.898. The van der Waals surface area contributed by atoms with E-state index in [1.54, 1.807) is 6.07 Å². The standard InChI is InChI=1S/C18H18ClNO/c1-12-5-8-16(19)11-17(12)20-18(21)10-13-6-7-14-3-2-4-15(14)9-13/h5-9,11H,2-4,10H2,1H3,(H,20,21). The van der Waals surface area contributed by atoms with E-state index in [0.717, 1.165) is 23.2 Å². The Kier molecular flexibility index (Phi) is 3.98. The second kappa shape index (κ2) is 5.90. The van der Waals surface area contributed by atoms with Crippen molar-refractivity contribution >= 4 is 23.2 Å². The van der Waals surface area contributed by atoms with Crippen LogP contribution in [0.15, 0.2) is 36.4 Å². The molecule has 0 saturated heterocycles. The number of nitrogens with one attached hydrogen (secondary N) is 1. The van der Waals surface area contributed by atoms with Crippen LogP contribution in [0.4, 0.5) is 5.69 Å². The Morgan fingerprint density at radius 1 is 1.14 bits per heavy atom. The molecule has 1 aliphatic rings. The van der Waals surface area contributed by atoms with Crippen LogP contribution in [0.1, 0.15) is 28.7 Å². The lowest BCUT2D eigenvalue weighted by atomic mass is 10.0. The highest BCUT2D eigenvalue weighted by atomic mass is 35.5. The van der Waals surface area contributed by atoms with Crippen LogP contribution < -0.4 is 5.32 Å². The van der Waals surface area contributed by atoms with Crippen molar-refractivity contribution in [3.63, 3.8) is 0 Å². The third-order valence-electron chi connectivity index (χ3n) is 4.00. The zero-order valence-corrected chi connectivity index (χ0v) is 12.8. The fourth-order valence-electron chi connectivity index (χ4n) is 2.84. The summed E-state index contributed by atoms with van der Waals surface area (Å²) in [5.74, 6) is -0.00156. The molecule has 0 spiro atoms. The Morgan fingerprint density at radius 3 is 2.81 bits per heavy atom. The maximum atomic E-state index is 12.2. The average molecular weight is 300 g/mol. The summed E-state index contributed by atoms with van der Waals surface area (Å²) < 4.78 is 0. The third-order valence-corrected chi connectivity index (χ3v) is 4.24. The Labute approximate surface area is 130 Å². The molecule has 0 aliphatic heterocycles. The molecule has 2 aromatic rings. The van der Waals surface area contributed by atoms with Crippen LogP contribution in [0.3, 0.4) is 0 Å². The van der Waals surface area contributed by atoms with E-state index in [1.807, 2.05) is 19.1 Å². The predicted molar refractivity (Wildman–Crippen MR) is 87.0 cm³/mol. The second-order valence-corrected chi connectivity index (χ2v) is 6.08. The van der Waals surface area contributed by atoms with Crippen LogP contribution in [0.5, 0.6) is 0 Å². The molecule has 0 bridgehead atoms. The van der Waals surface area contributed by atoms with Gasteiger partial charge in [0.25, 0.3) is 0 Å². The van der Waals surface area contributed by atoms with Crippen molar-refractivity contribution < 1.29 is 4.79 Å². The van der Waals surface area contributed by atoms with E-state index in [2.05, 4.69) is 23.5 Å². The first-order valence-electron chi connectivity index (χ1n) is 7.28. The van der Waals surface area contributed by atoms with Crippen molar-refractivity contribution in [3.05, 3.63) is 63.7 Å². The SMILES string of the molecule is Cc1ccc(Cl)cc1NC(=O)Cc1ccc2c(c1)CCC2. The second-order valence-electron chi connectivity index (χ2n) is 5.64. The van der Waals surface area contributed by atoms with Gasteiger partial charge in [-0.25, -0.2) is 0 Å². The van der Waals surface area contributed by atoms with Crippen molar-refractivity contribution in [2.24, 2.45) is 0 Å². The van der Waals surface area contributed by atoms with E-state index >= 15 is 0 Å². The summed E-state index contributed by atoms with van der Waals surface area (Å²) in [6.45, 7) is 1.96. The van der Waals surface area contributed by atoms with Crippen LogP contribution in [0.25, 0.3) is 0 Å². The first-order valence-corrected chi connectivity index (χ1v) is 7.66. The molecule has 21 heavy (non-hydrogen) atoms.